The summed E-state index contributed by atoms with van der Waals surface area (Å²) < 4.78 is 9.85. The predicted molar refractivity (Wildman–Crippen MR) is 109 cm³/mol. The molecule has 0 unspecified atom stereocenters. The number of hydrogen-bond donors (Lipinski definition) is 1. The normalized spacial score (nSPS) is 10.4. The van der Waals surface area contributed by atoms with E-state index < -0.39 is 23.3 Å². The Morgan fingerprint density at radius 3 is 2.27 bits per heavy atom. The van der Waals surface area contributed by atoms with Crippen molar-refractivity contribution in [3.63, 3.8) is 0 Å². The molecular formula is C21H22N2O7. The van der Waals surface area contributed by atoms with Gasteiger partial charge in [-0.15, -0.1) is 0 Å². The molecule has 9 heteroatoms. The van der Waals surface area contributed by atoms with E-state index in [1.807, 2.05) is 13.8 Å². The van der Waals surface area contributed by atoms with E-state index in [4.69, 9.17) is 9.47 Å². The summed E-state index contributed by atoms with van der Waals surface area (Å²) in [4.78, 5) is 46.5. The third-order valence-corrected chi connectivity index (χ3v) is 4.03. The van der Waals surface area contributed by atoms with E-state index in [2.05, 4.69) is 5.32 Å². The summed E-state index contributed by atoms with van der Waals surface area (Å²) in [6.07, 6.45) is 0.389. The van der Waals surface area contributed by atoms with E-state index in [0.29, 0.717) is 17.7 Å². The number of nitro benzene ring substituents is 1. The van der Waals surface area contributed by atoms with Gasteiger partial charge in [0.2, 0.25) is 5.91 Å². The third-order valence-electron chi connectivity index (χ3n) is 4.03. The fourth-order valence-corrected chi connectivity index (χ4v) is 2.58. The highest BCUT2D eigenvalue weighted by atomic mass is 16.6. The number of amides is 1. The number of carbonyl (C=O) groups excluding carboxylic acids is 3. The van der Waals surface area contributed by atoms with Crippen LogP contribution in [0.4, 0.5) is 11.4 Å². The zero-order valence-corrected chi connectivity index (χ0v) is 16.8. The number of rotatable bonds is 9. The van der Waals surface area contributed by atoms with E-state index >= 15 is 0 Å². The topological polar surface area (TPSA) is 125 Å². The number of nitro groups is 1. The number of anilines is 1. The van der Waals surface area contributed by atoms with Gasteiger partial charge < -0.3 is 14.8 Å². The van der Waals surface area contributed by atoms with Crippen LogP contribution in [0.5, 0.6) is 5.75 Å². The molecule has 0 saturated heterocycles. The van der Waals surface area contributed by atoms with Crippen LogP contribution in [0.3, 0.4) is 0 Å². The zero-order chi connectivity index (χ0) is 22.3. The van der Waals surface area contributed by atoms with Crippen molar-refractivity contribution >= 4 is 29.0 Å². The predicted octanol–water partition coefficient (Wildman–Crippen LogP) is 3.63. The van der Waals surface area contributed by atoms with Crippen molar-refractivity contribution in [3.05, 3.63) is 63.7 Å². The molecule has 0 aliphatic carbocycles. The summed E-state index contributed by atoms with van der Waals surface area (Å²) in [5, 5.41) is 13.8. The van der Waals surface area contributed by atoms with Gasteiger partial charge in [-0.25, -0.2) is 4.79 Å². The molecule has 0 aromatic heterocycles. The molecule has 0 radical (unpaired) electrons. The molecule has 0 aliphatic rings. The van der Waals surface area contributed by atoms with Gasteiger partial charge in [0, 0.05) is 23.7 Å². The second kappa shape index (κ2) is 10.1. The first kappa shape index (κ1) is 22.5. The number of methoxy groups -OCH3 is 1. The third kappa shape index (κ3) is 6.13. The summed E-state index contributed by atoms with van der Waals surface area (Å²) in [6, 6.07) is 9.81. The van der Waals surface area contributed by atoms with Crippen LogP contribution in [0.2, 0.25) is 0 Å². The molecule has 0 atom stereocenters. The Morgan fingerprint density at radius 2 is 1.70 bits per heavy atom. The Hall–Kier alpha value is -3.75. The van der Waals surface area contributed by atoms with E-state index in [-0.39, 0.29) is 28.8 Å². The lowest BCUT2D eigenvalue weighted by Crippen LogP contribution is -2.15. The summed E-state index contributed by atoms with van der Waals surface area (Å²) in [6.45, 7) is 3.34. The van der Waals surface area contributed by atoms with Crippen molar-refractivity contribution < 1.29 is 28.8 Å². The molecule has 30 heavy (non-hydrogen) atoms. The van der Waals surface area contributed by atoms with Crippen molar-refractivity contribution in [1.82, 2.24) is 0 Å². The molecule has 9 nitrogen and oxygen atoms in total. The highest BCUT2D eigenvalue weighted by Crippen LogP contribution is 2.27. The first-order valence-corrected chi connectivity index (χ1v) is 9.14. The van der Waals surface area contributed by atoms with Crippen molar-refractivity contribution in [2.75, 3.05) is 19.0 Å². The summed E-state index contributed by atoms with van der Waals surface area (Å²) >= 11 is 0. The molecule has 0 bridgehead atoms. The number of nitrogens with zero attached hydrogens (tertiary/aromatic N) is 1. The van der Waals surface area contributed by atoms with Gasteiger partial charge in [-0.05, 0) is 42.3 Å². The lowest BCUT2D eigenvalue weighted by molar-refractivity contribution is -0.385. The SMILES string of the molecule is COc1ccc(C(=O)OCC(=O)c2ccc(NC(=O)CC(C)C)cc2)cc1[N+](=O)[O-]. The Labute approximate surface area is 173 Å². The van der Waals surface area contributed by atoms with Gasteiger partial charge >= 0.3 is 11.7 Å². The standard InChI is InChI=1S/C21H22N2O7/c1-13(2)10-20(25)22-16-7-4-14(5-8-16)18(24)12-30-21(26)15-6-9-19(29-3)17(11-15)23(27)28/h4-9,11,13H,10,12H2,1-3H3,(H,22,25). The smallest absolute Gasteiger partial charge is 0.338 e. The minimum Gasteiger partial charge on any atom is -0.490 e. The molecule has 158 valence electrons. The summed E-state index contributed by atoms with van der Waals surface area (Å²) in [7, 11) is 1.28. The number of carbonyl (C=O) groups is 3. The lowest BCUT2D eigenvalue weighted by atomic mass is 10.1. The van der Waals surface area contributed by atoms with E-state index in [9.17, 15) is 24.5 Å². The molecule has 1 amide bonds. The number of esters is 1. The van der Waals surface area contributed by atoms with Crippen molar-refractivity contribution in [2.24, 2.45) is 5.92 Å². The van der Waals surface area contributed by atoms with Gasteiger partial charge in [-0.3, -0.25) is 19.7 Å². The molecule has 0 saturated carbocycles. The van der Waals surface area contributed by atoms with E-state index in [0.717, 1.165) is 6.07 Å². The van der Waals surface area contributed by atoms with Gasteiger partial charge in [0.25, 0.3) is 0 Å². The second-order valence-electron chi connectivity index (χ2n) is 6.87. The van der Waals surface area contributed by atoms with E-state index in [1.54, 1.807) is 12.1 Å². The fraction of sp³-hybridized carbons (Fsp3) is 0.286. The van der Waals surface area contributed by atoms with Crippen LogP contribution in [0, 0.1) is 16.0 Å². The molecular weight excluding hydrogens is 392 g/mol. The minimum atomic E-state index is -0.869. The van der Waals surface area contributed by atoms with Crippen LogP contribution in [0.1, 0.15) is 41.0 Å². The Balaban J connectivity index is 1.97. The Bertz CT molecular complexity index is 952. The maximum absolute atomic E-state index is 12.2. The Kier molecular flexibility index (Phi) is 7.62. The quantitative estimate of drug-likeness (QED) is 0.287. The lowest BCUT2D eigenvalue weighted by Gasteiger charge is -2.08. The second-order valence-corrected chi connectivity index (χ2v) is 6.87. The molecule has 2 rings (SSSR count). The number of Topliss-reactive ketones (excluding diaryl/α,β-unsaturated/α-hetero) is 1. The van der Waals surface area contributed by atoms with Crippen LogP contribution >= 0.6 is 0 Å². The Morgan fingerprint density at radius 1 is 1.07 bits per heavy atom. The number of benzene rings is 2. The zero-order valence-electron chi connectivity index (χ0n) is 16.8. The molecule has 2 aromatic carbocycles. The molecule has 0 fully saturated rings. The van der Waals surface area contributed by atoms with Crippen LogP contribution in [0.15, 0.2) is 42.5 Å². The largest absolute Gasteiger partial charge is 0.490 e. The van der Waals surface area contributed by atoms with E-state index in [1.165, 1.54) is 31.4 Å². The molecule has 0 spiro atoms. The number of hydrogen-bond acceptors (Lipinski definition) is 7. The number of ketones is 1. The average Bonchev–Trinajstić information content (AvgIpc) is 2.71. The maximum atomic E-state index is 12.2. The molecule has 0 aliphatic heterocycles. The highest BCUT2D eigenvalue weighted by molar-refractivity contribution is 6.00. The minimum absolute atomic E-state index is 0.00759. The van der Waals surface area contributed by atoms with Crippen molar-refractivity contribution in [3.8, 4) is 5.75 Å². The monoisotopic (exact) mass is 414 g/mol. The molecule has 1 N–H and O–H groups in total. The fourth-order valence-electron chi connectivity index (χ4n) is 2.58. The molecule has 2 aromatic rings. The maximum Gasteiger partial charge on any atom is 0.338 e. The summed E-state index contributed by atoms with van der Waals surface area (Å²) in [5.74, 6) is -1.20. The first-order valence-electron chi connectivity index (χ1n) is 9.14. The van der Waals surface area contributed by atoms with Crippen LogP contribution < -0.4 is 10.1 Å². The first-order chi connectivity index (χ1) is 14.2. The average molecular weight is 414 g/mol. The summed E-state index contributed by atoms with van der Waals surface area (Å²) in [5.41, 5.74) is 0.400. The van der Waals surface area contributed by atoms with Gasteiger partial charge in [0.05, 0.1) is 17.6 Å². The van der Waals surface area contributed by atoms with Gasteiger partial charge in [0.1, 0.15) is 0 Å². The van der Waals surface area contributed by atoms with Crippen molar-refractivity contribution in [2.45, 2.75) is 20.3 Å². The molecule has 0 heterocycles. The van der Waals surface area contributed by atoms with Crippen LogP contribution in [-0.4, -0.2) is 36.3 Å². The highest BCUT2D eigenvalue weighted by Gasteiger charge is 2.20. The van der Waals surface area contributed by atoms with Gasteiger partial charge in [-0.2, -0.15) is 0 Å². The van der Waals surface area contributed by atoms with Crippen LogP contribution in [0.25, 0.3) is 0 Å². The van der Waals surface area contributed by atoms with Gasteiger partial charge in [0.15, 0.2) is 18.1 Å². The van der Waals surface area contributed by atoms with Gasteiger partial charge in [-0.1, -0.05) is 13.8 Å². The number of ether oxygens (including phenoxy) is 2. The van der Waals surface area contributed by atoms with Crippen molar-refractivity contribution in [1.29, 1.82) is 0 Å². The van der Waals surface area contributed by atoms with Crippen LogP contribution in [-0.2, 0) is 9.53 Å². The number of nitrogens with one attached hydrogen (secondary N) is 1.